The van der Waals surface area contributed by atoms with Gasteiger partial charge in [-0.25, -0.2) is 0 Å². The normalized spacial score (nSPS) is 19.0. The zero-order valence-electron chi connectivity index (χ0n) is 12.9. The molecule has 0 saturated carbocycles. The minimum absolute atomic E-state index is 0. The predicted octanol–water partition coefficient (Wildman–Crippen LogP) is 3.25. The van der Waals surface area contributed by atoms with Crippen LogP contribution >= 0.6 is 24.0 Å². The van der Waals surface area contributed by atoms with Crippen molar-refractivity contribution in [1.29, 1.82) is 0 Å². The average molecular weight is 331 g/mol. The lowest BCUT2D eigenvalue weighted by molar-refractivity contribution is -0.137. The second-order valence-corrected chi connectivity index (χ2v) is 6.39. The maximum atomic E-state index is 12.9. The molecule has 1 atom stereocenters. The Balaban J connectivity index is 0.00000220. The predicted molar refractivity (Wildman–Crippen MR) is 90.4 cm³/mol. The molecule has 3 nitrogen and oxygen atoms in total. The van der Waals surface area contributed by atoms with Crippen LogP contribution < -0.4 is 5.32 Å². The zero-order chi connectivity index (χ0) is 14.8. The molecule has 1 heterocycles. The van der Waals surface area contributed by atoms with E-state index in [4.69, 9.17) is 11.6 Å². The molecule has 1 unspecified atom stereocenters. The fourth-order valence-electron chi connectivity index (χ4n) is 2.88. The van der Waals surface area contributed by atoms with Gasteiger partial charge in [-0.3, -0.25) is 4.79 Å². The number of piperidine rings is 1. The number of halogens is 2. The van der Waals surface area contributed by atoms with Crippen LogP contribution in [0, 0.1) is 0 Å². The molecule has 118 valence electrons. The molecule has 1 saturated heterocycles. The first-order chi connectivity index (χ1) is 9.46. The van der Waals surface area contributed by atoms with Crippen LogP contribution in [0.25, 0.3) is 0 Å². The van der Waals surface area contributed by atoms with Gasteiger partial charge >= 0.3 is 0 Å². The number of benzene rings is 1. The van der Waals surface area contributed by atoms with Gasteiger partial charge in [0.05, 0.1) is 5.41 Å². The third kappa shape index (κ3) is 3.91. The Hall–Kier alpha value is -0.770. The molecule has 2 rings (SSSR count). The van der Waals surface area contributed by atoms with Gasteiger partial charge in [0, 0.05) is 24.2 Å². The van der Waals surface area contributed by atoms with Crippen LogP contribution in [-0.4, -0.2) is 37.0 Å². The number of hydrogen-bond acceptors (Lipinski definition) is 2. The highest BCUT2D eigenvalue weighted by molar-refractivity contribution is 6.31. The number of likely N-dealkylation sites (tertiary alicyclic amines) is 1. The summed E-state index contributed by atoms with van der Waals surface area (Å²) in [4.78, 5) is 14.8. The topological polar surface area (TPSA) is 32.3 Å². The standard InChI is InChI=1S/C16H23ClN2O.ClH/c1-16(2,13-8-4-5-9-14(13)17)15(20)19-10-6-7-12(11-19)18-3;/h4-5,8-9,12,18H,6-7,10-11H2,1-3H3;1H. The van der Waals surface area contributed by atoms with E-state index in [2.05, 4.69) is 5.32 Å². The minimum atomic E-state index is -0.589. The van der Waals surface area contributed by atoms with Crippen LogP contribution in [-0.2, 0) is 10.2 Å². The molecule has 0 radical (unpaired) electrons. The van der Waals surface area contributed by atoms with E-state index in [1.165, 1.54) is 0 Å². The van der Waals surface area contributed by atoms with Gasteiger partial charge in [0.25, 0.3) is 0 Å². The van der Waals surface area contributed by atoms with E-state index in [0.717, 1.165) is 31.5 Å². The monoisotopic (exact) mass is 330 g/mol. The van der Waals surface area contributed by atoms with Crippen molar-refractivity contribution in [3.63, 3.8) is 0 Å². The number of amides is 1. The average Bonchev–Trinajstić information content (AvgIpc) is 2.46. The summed E-state index contributed by atoms with van der Waals surface area (Å²) in [5.41, 5.74) is 0.312. The smallest absolute Gasteiger partial charge is 0.232 e. The lowest BCUT2D eigenvalue weighted by Crippen LogP contribution is -2.52. The molecular formula is C16H24Cl2N2O. The van der Waals surface area contributed by atoms with E-state index in [1.807, 2.05) is 50.1 Å². The fraction of sp³-hybridized carbons (Fsp3) is 0.562. The highest BCUT2D eigenvalue weighted by Crippen LogP contribution is 2.32. The molecular weight excluding hydrogens is 307 g/mol. The molecule has 0 spiro atoms. The highest BCUT2D eigenvalue weighted by atomic mass is 35.5. The van der Waals surface area contributed by atoms with Crippen LogP contribution in [0.3, 0.4) is 0 Å². The Kier molecular flexibility index (Phi) is 6.51. The lowest BCUT2D eigenvalue weighted by atomic mass is 9.82. The summed E-state index contributed by atoms with van der Waals surface area (Å²) >= 11 is 6.26. The van der Waals surface area contributed by atoms with Gasteiger partial charge in [-0.15, -0.1) is 12.4 Å². The molecule has 1 aromatic rings. The van der Waals surface area contributed by atoms with E-state index in [1.54, 1.807) is 0 Å². The first-order valence-corrected chi connectivity index (χ1v) is 7.56. The number of carbonyl (C=O) groups excluding carboxylic acids is 1. The first-order valence-electron chi connectivity index (χ1n) is 7.18. The van der Waals surface area contributed by atoms with Gasteiger partial charge in [-0.1, -0.05) is 29.8 Å². The molecule has 1 amide bonds. The lowest BCUT2D eigenvalue weighted by Gasteiger charge is -2.38. The molecule has 1 fully saturated rings. The zero-order valence-corrected chi connectivity index (χ0v) is 14.4. The second kappa shape index (κ2) is 7.48. The Morgan fingerprint density at radius 1 is 1.38 bits per heavy atom. The van der Waals surface area contributed by atoms with Crippen LogP contribution in [0.1, 0.15) is 32.3 Å². The molecule has 0 bridgehead atoms. The van der Waals surface area contributed by atoms with E-state index in [-0.39, 0.29) is 18.3 Å². The fourth-order valence-corrected chi connectivity index (χ4v) is 3.25. The number of nitrogens with one attached hydrogen (secondary N) is 1. The maximum absolute atomic E-state index is 12.9. The highest BCUT2D eigenvalue weighted by Gasteiger charge is 2.36. The van der Waals surface area contributed by atoms with Crippen molar-refractivity contribution >= 4 is 29.9 Å². The van der Waals surface area contributed by atoms with E-state index in [0.29, 0.717) is 11.1 Å². The van der Waals surface area contributed by atoms with Crippen molar-refractivity contribution in [3.8, 4) is 0 Å². The summed E-state index contributed by atoms with van der Waals surface area (Å²) in [5.74, 6) is 0.158. The molecule has 1 N–H and O–H groups in total. The number of likely N-dealkylation sites (N-methyl/N-ethyl adjacent to an activating group) is 1. The molecule has 1 aliphatic heterocycles. The Labute approximate surface area is 138 Å². The number of carbonyl (C=O) groups is 1. The summed E-state index contributed by atoms with van der Waals surface area (Å²) in [6.07, 6.45) is 2.18. The molecule has 1 aromatic carbocycles. The van der Waals surface area contributed by atoms with Gasteiger partial charge in [-0.2, -0.15) is 0 Å². The third-order valence-electron chi connectivity index (χ3n) is 4.20. The molecule has 5 heteroatoms. The van der Waals surface area contributed by atoms with Crippen molar-refractivity contribution in [2.75, 3.05) is 20.1 Å². The molecule has 0 aromatic heterocycles. The van der Waals surface area contributed by atoms with Crippen molar-refractivity contribution < 1.29 is 4.79 Å². The van der Waals surface area contributed by atoms with Crippen molar-refractivity contribution in [2.24, 2.45) is 0 Å². The van der Waals surface area contributed by atoms with Crippen LogP contribution in [0.5, 0.6) is 0 Å². The maximum Gasteiger partial charge on any atom is 0.232 e. The SMILES string of the molecule is CNC1CCCN(C(=O)C(C)(C)c2ccccc2Cl)C1.Cl. The van der Waals surface area contributed by atoms with Gasteiger partial charge < -0.3 is 10.2 Å². The van der Waals surface area contributed by atoms with E-state index >= 15 is 0 Å². The Morgan fingerprint density at radius 2 is 2.05 bits per heavy atom. The Bertz CT molecular complexity index is 491. The first kappa shape index (κ1) is 18.3. The Morgan fingerprint density at radius 3 is 2.67 bits per heavy atom. The van der Waals surface area contributed by atoms with E-state index in [9.17, 15) is 4.79 Å². The number of hydrogen-bond donors (Lipinski definition) is 1. The summed E-state index contributed by atoms with van der Waals surface area (Å²) in [6, 6.07) is 8.01. The molecule has 0 aliphatic carbocycles. The van der Waals surface area contributed by atoms with Crippen LogP contribution in [0.15, 0.2) is 24.3 Å². The number of rotatable bonds is 3. The van der Waals surface area contributed by atoms with Gasteiger partial charge in [-0.05, 0) is 45.4 Å². The van der Waals surface area contributed by atoms with Crippen LogP contribution in [0.2, 0.25) is 5.02 Å². The molecule has 21 heavy (non-hydrogen) atoms. The van der Waals surface area contributed by atoms with Gasteiger partial charge in [0.2, 0.25) is 5.91 Å². The third-order valence-corrected chi connectivity index (χ3v) is 4.53. The summed E-state index contributed by atoms with van der Waals surface area (Å²) < 4.78 is 0. The van der Waals surface area contributed by atoms with Crippen molar-refractivity contribution in [3.05, 3.63) is 34.9 Å². The van der Waals surface area contributed by atoms with Gasteiger partial charge in [0.15, 0.2) is 0 Å². The summed E-state index contributed by atoms with van der Waals surface area (Å²) in [5, 5.41) is 3.93. The summed E-state index contributed by atoms with van der Waals surface area (Å²) in [7, 11) is 1.96. The molecule has 1 aliphatic rings. The quantitative estimate of drug-likeness (QED) is 0.922. The second-order valence-electron chi connectivity index (χ2n) is 5.98. The largest absolute Gasteiger partial charge is 0.340 e. The minimum Gasteiger partial charge on any atom is -0.340 e. The number of nitrogens with zero attached hydrogens (tertiary/aromatic N) is 1. The van der Waals surface area contributed by atoms with E-state index < -0.39 is 5.41 Å². The van der Waals surface area contributed by atoms with Crippen molar-refractivity contribution in [2.45, 2.75) is 38.1 Å². The summed E-state index contributed by atoms with van der Waals surface area (Å²) in [6.45, 7) is 5.53. The van der Waals surface area contributed by atoms with Crippen molar-refractivity contribution in [1.82, 2.24) is 10.2 Å². The van der Waals surface area contributed by atoms with Gasteiger partial charge in [0.1, 0.15) is 0 Å². The van der Waals surface area contributed by atoms with Crippen LogP contribution in [0.4, 0.5) is 0 Å².